The zero-order valence-corrected chi connectivity index (χ0v) is 18.7. The van der Waals surface area contributed by atoms with E-state index in [4.69, 9.17) is 12.2 Å². The van der Waals surface area contributed by atoms with E-state index >= 15 is 0 Å². The van der Waals surface area contributed by atoms with Gasteiger partial charge in [0.05, 0.1) is 6.54 Å². The van der Waals surface area contributed by atoms with Gasteiger partial charge < -0.3 is 0 Å². The fourth-order valence-electron chi connectivity index (χ4n) is 4.15. The average molecular weight is 427 g/mol. The van der Waals surface area contributed by atoms with Crippen molar-refractivity contribution in [3.63, 3.8) is 0 Å². The maximum Gasteiger partial charge on any atom is 0.329 e. The Kier molecular flexibility index (Phi) is 6.28. The first kappa shape index (κ1) is 21.0. The normalized spacial score (nSPS) is 11.1. The first-order chi connectivity index (χ1) is 15.0. The van der Waals surface area contributed by atoms with Crippen LogP contribution in [0.1, 0.15) is 33.7 Å². The van der Waals surface area contributed by atoms with E-state index in [1.165, 1.54) is 22.3 Å². The number of hydrogen-bond donors (Lipinski definition) is 0. The summed E-state index contributed by atoms with van der Waals surface area (Å²) in [6.45, 7) is 5.17. The third-order valence-electron chi connectivity index (χ3n) is 5.55. The van der Waals surface area contributed by atoms with Crippen molar-refractivity contribution < 1.29 is 0 Å². The molecule has 0 aliphatic rings. The number of rotatable bonds is 6. The number of hydrogen-bond acceptors (Lipinski definition) is 2. The van der Waals surface area contributed by atoms with Crippen LogP contribution >= 0.6 is 12.2 Å². The standard InChI is InChI=1S/C27H26N2OS/c1-20-15-21(2)17-22(16-20)18-29-26(31)13-14-28(27(29)30)19-25(23-9-5-3-6-10-23)24-11-7-4-8-12-24/h3-17,25H,18-19H2,1-2H3. The van der Waals surface area contributed by atoms with Crippen LogP contribution in [0.25, 0.3) is 0 Å². The Morgan fingerprint density at radius 1 is 0.806 bits per heavy atom. The molecule has 0 spiro atoms. The van der Waals surface area contributed by atoms with Gasteiger partial charge in [0.1, 0.15) is 4.64 Å². The van der Waals surface area contributed by atoms with E-state index in [2.05, 4.69) is 56.3 Å². The molecule has 0 aliphatic heterocycles. The summed E-state index contributed by atoms with van der Waals surface area (Å²) in [5.41, 5.74) is 5.75. The molecule has 31 heavy (non-hydrogen) atoms. The molecule has 3 nitrogen and oxygen atoms in total. The lowest BCUT2D eigenvalue weighted by Crippen LogP contribution is -2.32. The molecule has 0 fully saturated rings. The van der Waals surface area contributed by atoms with Gasteiger partial charge in [-0.15, -0.1) is 0 Å². The van der Waals surface area contributed by atoms with Gasteiger partial charge >= 0.3 is 5.69 Å². The van der Waals surface area contributed by atoms with Gasteiger partial charge in [0, 0.05) is 18.7 Å². The Labute approximate surface area is 188 Å². The fraction of sp³-hybridized carbons (Fsp3) is 0.185. The van der Waals surface area contributed by atoms with E-state index in [9.17, 15) is 4.79 Å². The van der Waals surface area contributed by atoms with E-state index in [1.54, 1.807) is 9.13 Å². The van der Waals surface area contributed by atoms with Crippen molar-refractivity contribution in [1.82, 2.24) is 9.13 Å². The van der Waals surface area contributed by atoms with Gasteiger partial charge in [0.25, 0.3) is 0 Å². The van der Waals surface area contributed by atoms with Crippen LogP contribution in [0.4, 0.5) is 0 Å². The predicted octanol–water partition coefficient (Wildman–Crippen LogP) is 5.88. The number of aryl methyl sites for hydroxylation is 2. The Bertz CT molecular complexity index is 1230. The van der Waals surface area contributed by atoms with Gasteiger partial charge in [-0.1, -0.05) is 102 Å². The highest BCUT2D eigenvalue weighted by atomic mass is 32.1. The molecule has 1 aromatic heterocycles. The molecule has 0 aliphatic carbocycles. The number of nitrogens with zero attached hydrogens (tertiary/aromatic N) is 2. The summed E-state index contributed by atoms with van der Waals surface area (Å²) in [6.07, 6.45) is 1.82. The van der Waals surface area contributed by atoms with Crippen molar-refractivity contribution in [2.45, 2.75) is 32.9 Å². The molecule has 0 saturated carbocycles. The van der Waals surface area contributed by atoms with Crippen molar-refractivity contribution in [2.75, 3.05) is 0 Å². The lowest BCUT2D eigenvalue weighted by Gasteiger charge is -2.20. The van der Waals surface area contributed by atoms with Crippen molar-refractivity contribution in [3.05, 3.63) is 134 Å². The summed E-state index contributed by atoms with van der Waals surface area (Å²) in [7, 11) is 0. The predicted molar refractivity (Wildman–Crippen MR) is 129 cm³/mol. The first-order valence-electron chi connectivity index (χ1n) is 10.5. The van der Waals surface area contributed by atoms with E-state index in [1.807, 2.05) is 48.7 Å². The van der Waals surface area contributed by atoms with Gasteiger partial charge in [-0.05, 0) is 36.6 Å². The Hall–Kier alpha value is -3.24. The Balaban J connectivity index is 1.73. The fourth-order valence-corrected chi connectivity index (χ4v) is 4.36. The SMILES string of the molecule is Cc1cc(C)cc(Cn2c(=S)ccn(CC(c3ccccc3)c3ccccc3)c2=O)c1. The van der Waals surface area contributed by atoms with Crippen molar-refractivity contribution in [2.24, 2.45) is 0 Å². The van der Waals surface area contributed by atoms with E-state index in [0.29, 0.717) is 17.7 Å². The summed E-state index contributed by atoms with van der Waals surface area (Å²) >= 11 is 5.51. The van der Waals surface area contributed by atoms with Gasteiger partial charge in [-0.3, -0.25) is 9.13 Å². The maximum atomic E-state index is 13.4. The lowest BCUT2D eigenvalue weighted by molar-refractivity contribution is 0.550. The van der Waals surface area contributed by atoms with Crippen LogP contribution in [0.15, 0.2) is 95.9 Å². The van der Waals surface area contributed by atoms with Gasteiger partial charge in [-0.25, -0.2) is 4.79 Å². The smallest absolute Gasteiger partial charge is 0.300 e. The van der Waals surface area contributed by atoms with Gasteiger partial charge in [0.15, 0.2) is 0 Å². The van der Waals surface area contributed by atoms with Crippen LogP contribution in [0, 0.1) is 18.5 Å². The van der Waals surface area contributed by atoms with Crippen LogP contribution < -0.4 is 5.69 Å². The van der Waals surface area contributed by atoms with Crippen LogP contribution in [0.3, 0.4) is 0 Å². The monoisotopic (exact) mass is 426 g/mol. The van der Waals surface area contributed by atoms with E-state index in [-0.39, 0.29) is 11.6 Å². The topological polar surface area (TPSA) is 26.9 Å². The zero-order chi connectivity index (χ0) is 21.8. The summed E-state index contributed by atoms with van der Waals surface area (Å²) in [5.74, 6) is 0.0748. The molecule has 4 heteroatoms. The highest BCUT2D eigenvalue weighted by Crippen LogP contribution is 2.26. The van der Waals surface area contributed by atoms with Crippen LogP contribution in [-0.2, 0) is 13.1 Å². The largest absolute Gasteiger partial charge is 0.329 e. The molecule has 1 heterocycles. The second kappa shape index (κ2) is 9.27. The first-order valence-corrected chi connectivity index (χ1v) is 10.9. The number of benzene rings is 3. The van der Waals surface area contributed by atoms with E-state index in [0.717, 1.165) is 5.56 Å². The molecule has 0 amide bonds. The Morgan fingerprint density at radius 3 is 1.90 bits per heavy atom. The van der Waals surface area contributed by atoms with Crippen LogP contribution in [0.2, 0.25) is 0 Å². The molecule has 0 atom stereocenters. The molecule has 3 aromatic carbocycles. The quantitative estimate of drug-likeness (QED) is 0.360. The summed E-state index contributed by atoms with van der Waals surface area (Å²) in [6, 6.07) is 28.9. The molecule has 0 radical (unpaired) electrons. The number of aromatic nitrogens is 2. The average Bonchev–Trinajstić information content (AvgIpc) is 2.77. The lowest BCUT2D eigenvalue weighted by atomic mass is 9.91. The second-order valence-electron chi connectivity index (χ2n) is 8.04. The summed E-state index contributed by atoms with van der Waals surface area (Å²) < 4.78 is 4.02. The van der Waals surface area contributed by atoms with Crippen molar-refractivity contribution >= 4 is 12.2 Å². The second-order valence-corrected chi connectivity index (χ2v) is 8.46. The van der Waals surface area contributed by atoms with Gasteiger partial charge in [0.2, 0.25) is 0 Å². The van der Waals surface area contributed by atoms with Crippen LogP contribution in [-0.4, -0.2) is 9.13 Å². The third kappa shape index (κ3) is 4.92. The summed E-state index contributed by atoms with van der Waals surface area (Å²) in [4.78, 5) is 13.4. The molecule has 0 N–H and O–H groups in total. The van der Waals surface area contributed by atoms with Gasteiger partial charge in [-0.2, -0.15) is 0 Å². The highest BCUT2D eigenvalue weighted by Gasteiger charge is 2.16. The van der Waals surface area contributed by atoms with Crippen LogP contribution in [0.5, 0.6) is 0 Å². The molecular formula is C27H26N2OS. The van der Waals surface area contributed by atoms with E-state index < -0.39 is 0 Å². The molecule has 4 aromatic rings. The highest BCUT2D eigenvalue weighted by molar-refractivity contribution is 7.71. The maximum absolute atomic E-state index is 13.4. The Morgan fingerprint density at radius 2 is 1.35 bits per heavy atom. The minimum atomic E-state index is -0.0801. The molecule has 0 bridgehead atoms. The molecule has 0 unspecified atom stereocenters. The summed E-state index contributed by atoms with van der Waals surface area (Å²) in [5, 5.41) is 0. The molecular weight excluding hydrogens is 400 g/mol. The molecule has 156 valence electrons. The minimum absolute atomic E-state index is 0.0748. The molecule has 0 saturated heterocycles. The third-order valence-corrected chi connectivity index (χ3v) is 5.90. The zero-order valence-electron chi connectivity index (χ0n) is 17.9. The van der Waals surface area contributed by atoms with Crippen molar-refractivity contribution in [3.8, 4) is 0 Å². The molecule has 4 rings (SSSR count). The van der Waals surface area contributed by atoms with Crippen molar-refractivity contribution in [1.29, 1.82) is 0 Å². The minimum Gasteiger partial charge on any atom is -0.300 e.